The number of carbonyl (C=O) groups is 3. The Balaban J connectivity index is 1.30. The number of amides is 3. The summed E-state index contributed by atoms with van der Waals surface area (Å²) in [5.41, 5.74) is 1.42. The zero-order valence-corrected chi connectivity index (χ0v) is 26.7. The number of para-hydroxylation sites is 2. The van der Waals surface area contributed by atoms with Gasteiger partial charge < -0.3 is 16.0 Å². The highest BCUT2D eigenvalue weighted by Crippen LogP contribution is 2.24. The van der Waals surface area contributed by atoms with Crippen LogP contribution in [0.15, 0.2) is 125 Å². The van der Waals surface area contributed by atoms with Gasteiger partial charge in [-0.1, -0.05) is 54.6 Å². The van der Waals surface area contributed by atoms with E-state index in [0.717, 1.165) is 0 Å². The van der Waals surface area contributed by atoms with Gasteiger partial charge in [0.25, 0.3) is 23.1 Å². The topological polar surface area (TPSA) is 157 Å². The summed E-state index contributed by atoms with van der Waals surface area (Å²) in [5, 5.41) is 19.6. The number of nitro benzene ring substituents is 1. The second-order valence-corrected chi connectivity index (χ2v) is 11.5. The van der Waals surface area contributed by atoms with E-state index in [2.05, 4.69) is 16.0 Å². The molecule has 0 unspecified atom stereocenters. The standard InChI is InChI=1S/C35H30N6O6S/c1-23-32(35(45)40(39(23)2)27-16-7-4-8-17-27)38-31(42)22-48-28-18-11-15-26(21-28)36-34(44)29(37-33(43)24-12-5-3-6-13-24)20-25-14-9-10-19-30(25)41(46)47/h3-21H,22H2,1-2H3,(H,36,44)(H,37,43)(H,38,42)/b29-20+. The molecule has 0 saturated heterocycles. The van der Waals surface area contributed by atoms with Gasteiger partial charge in [-0.15, -0.1) is 11.8 Å². The molecule has 3 N–H and O–H groups in total. The number of benzene rings is 4. The number of carbonyl (C=O) groups excluding carboxylic acids is 3. The summed E-state index contributed by atoms with van der Waals surface area (Å²) in [7, 11) is 1.74. The van der Waals surface area contributed by atoms with E-state index >= 15 is 0 Å². The Morgan fingerprint density at radius 1 is 0.875 bits per heavy atom. The first-order chi connectivity index (χ1) is 23.1. The largest absolute Gasteiger partial charge is 0.321 e. The molecule has 0 aliphatic heterocycles. The Morgan fingerprint density at radius 2 is 1.54 bits per heavy atom. The number of hydrogen-bond acceptors (Lipinski definition) is 7. The fourth-order valence-corrected chi connectivity index (χ4v) is 5.53. The van der Waals surface area contributed by atoms with Crippen molar-refractivity contribution in [1.82, 2.24) is 14.7 Å². The zero-order valence-electron chi connectivity index (χ0n) is 25.9. The van der Waals surface area contributed by atoms with Gasteiger partial charge in [0.15, 0.2) is 0 Å². The third kappa shape index (κ3) is 7.77. The van der Waals surface area contributed by atoms with Gasteiger partial charge in [0.05, 0.1) is 27.6 Å². The first-order valence-corrected chi connectivity index (χ1v) is 15.6. The van der Waals surface area contributed by atoms with Crippen molar-refractivity contribution in [3.8, 4) is 5.69 Å². The van der Waals surface area contributed by atoms with Gasteiger partial charge >= 0.3 is 0 Å². The number of nitrogens with one attached hydrogen (secondary N) is 3. The van der Waals surface area contributed by atoms with E-state index in [0.29, 0.717) is 27.5 Å². The maximum Gasteiger partial charge on any atom is 0.295 e. The fourth-order valence-electron chi connectivity index (χ4n) is 4.77. The van der Waals surface area contributed by atoms with Crippen molar-refractivity contribution in [2.75, 3.05) is 16.4 Å². The molecule has 0 spiro atoms. The van der Waals surface area contributed by atoms with Gasteiger partial charge in [0.2, 0.25) is 5.91 Å². The molecule has 12 nitrogen and oxygen atoms in total. The monoisotopic (exact) mass is 662 g/mol. The van der Waals surface area contributed by atoms with Gasteiger partial charge in [-0.25, -0.2) is 4.68 Å². The van der Waals surface area contributed by atoms with Gasteiger partial charge in [-0.2, -0.15) is 0 Å². The molecule has 3 amide bonds. The van der Waals surface area contributed by atoms with E-state index in [1.165, 1.54) is 40.7 Å². The van der Waals surface area contributed by atoms with Crippen LogP contribution in [0.25, 0.3) is 11.8 Å². The van der Waals surface area contributed by atoms with Gasteiger partial charge in [0.1, 0.15) is 11.4 Å². The first kappa shape index (κ1) is 33.2. The molecule has 13 heteroatoms. The highest BCUT2D eigenvalue weighted by atomic mass is 32.2. The summed E-state index contributed by atoms with van der Waals surface area (Å²) < 4.78 is 3.15. The number of thioether (sulfide) groups is 1. The fraction of sp³-hybridized carbons (Fsp3) is 0.0857. The van der Waals surface area contributed by atoms with Crippen molar-refractivity contribution in [2.24, 2.45) is 7.05 Å². The summed E-state index contributed by atoms with van der Waals surface area (Å²) in [6, 6.07) is 29.9. The van der Waals surface area contributed by atoms with E-state index in [1.807, 2.05) is 18.2 Å². The van der Waals surface area contributed by atoms with Crippen LogP contribution in [0.1, 0.15) is 21.6 Å². The smallest absolute Gasteiger partial charge is 0.295 e. The van der Waals surface area contributed by atoms with Crippen LogP contribution in [0.4, 0.5) is 17.1 Å². The number of nitrogens with zero attached hydrogens (tertiary/aromatic N) is 3. The van der Waals surface area contributed by atoms with Crippen molar-refractivity contribution in [3.05, 3.63) is 152 Å². The van der Waals surface area contributed by atoms with Gasteiger partial charge in [0, 0.05) is 29.3 Å². The van der Waals surface area contributed by atoms with Gasteiger partial charge in [-0.05, 0) is 61.5 Å². The minimum Gasteiger partial charge on any atom is -0.321 e. The summed E-state index contributed by atoms with van der Waals surface area (Å²) in [4.78, 5) is 64.2. The van der Waals surface area contributed by atoms with E-state index in [-0.39, 0.29) is 33.9 Å². The highest BCUT2D eigenvalue weighted by Gasteiger charge is 2.20. The van der Waals surface area contributed by atoms with Crippen LogP contribution in [0.3, 0.4) is 0 Å². The summed E-state index contributed by atoms with van der Waals surface area (Å²) in [5.74, 6) is -1.70. The molecule has 0 aliphatic rings. The second kappa shape index (κ2) is 14.9. The minimum absolute atomic E-state index is 0.0214. The van der Waals surface area contributed by atoms with Crippen LogP contribution in [-0.4, -0.2) is 37.8 Å². The molecule has 0 radical (unpaired) electrons. The molecule has 1 aromatic heterocycles. The van der Waals surface area contributed by atoms with Crippen molar-refractivity contribution in [2.45, 2.75) is 11.8 Å². The third-order valence-electron chi connectivity index (χ3n) is 7.24. The maximum atomic E-state index is 13.5. The summed E-state index contributed by atoms with van der Waals surface area (Å²) >= 11 is 1.19. The van der Waals surface area contributed by atoms with Gasteiger partial charge in [-0.3, -0.25) is 34.0 Å². The molecule has 242 valence electrons. The van der Waals surface area contributed by atoms with Crippen molar-refractivity contribution < 1.29 is 19.3 Å². The molecule has 0 saturated carbocycles. The molecule has 4 aromatic carbocycles. The second-order valence-electron chi connectivity index (χ2n) is 10.4. The lowest BCUT2D eigenvalue weighted by Gasteiger charge is -2.12. The number of nitro groups is 1. The Kier molecular flexibility index (Phi) is 10.3. The lowest BCUT2D eigenvalue weighted by molar-refractivity contribution is -0.385. The average molecular weight is 663 g/mol. The van der Waals surface area contributed by atoms with E-state index in [1.54, 1.807) is 91.4 Å². The first-order valence-electron chi connectivity index (χ1n) is 14.6. The van der Waals surface area contributed by atoms with Crippen molar-refractivity contribution >= 4 is 52.6 Å². The SMILES string of the molecule is Cc1c(NC(=O)CSc2cccc(NC(=O)/C(=C\c3ccccc3[N+](=O)[O-])NC(=O)c3ccccc3)c2)c(=O)n(-c2ccccc2)n1C. The van der Waals surface area contributed by atoms with Crippen molar-refractivity contribution in [3.63, 3.8) is 0 Å². The lowest BCUT2D eigenvalue weighted by Crippen LogP contribution is -2.30. The lowest BCUT2D eigenvalue weighted by atomic mass is 10.1. The predicted octanol–water partition coefficient (Wildman–Crippen LogP) is 5.53. The Hall–Kier alpha value is -6.21. The van der Waals surface area contributed by atoms with Crippen molar-refractivity contribution in [1.29, 1.82) is 0 Å². The highest BCUT2D eigenvalue weighted by molar-refractivity contribution is 8.00. The summed E-state index contributed by atoms with van der Waals surface area (Å²) in [6.45, 7) is 1.75. The molecule has 48 heavy (non-hydrogen) atoms. The minimum atomic E-state index is -0.716. The van der Waals surface area contributed by atoms with Crippen LogP contribution < -0.4 is 21.5 Å². The molecular weight excluding hydrogens is 632 g/mol. The Bertz CT molecular complexity index is 2090. The normalized spacial score (nSPS) is 11.1. The van der Waals surface area contributed by atoms with E-state index in [9.17, 15) is 29.3 Å². The van der Waals surface area contributed by atoms with E-state index < -0.39 is 22.6 Å². The van der Waals surface area contributed by atoms with Crippen LogP contribution in [0.5, 0.6) is 0 Å². The van der Waals surface area contributed by atoms with E-state index in [4.69, 9.17) is 0 Å². The quantitative estimate of drug-likeness (QED) is 0.0726. The molecule has 0 atom stereocenters. The average Bonchev–Trinajstić information content (AvgIpc) is 3.30. The number of hydrogen-bond donors (Lipinski definition) is 3. The maximum absolute atomic E-state index is 13.5. The number of rotatable bonds is 11. The molecule has 5 rings (SSSR count). The summed E-state index contributed by atoms with van der Waals surface area (Å²) in [6.07, 6.45) is 1.24. The van der Waals surface area contributed by atoms with Crippen LogP contribution in [0.2, 0.25) is 0 Å². The predicted molar refractivity (Wildman–Crippen MR) is 185 cm³/mol. The molecule has 5 aromatic rings. The van der Waals surface area contributed by atoms with Crippen LogP contribution >= 0.6 is 11.8 Å². The third-order valence-corrected chi connectivity index (χ3v) is 8.24. The molecule has 1 heterocycles. The van der Waals surface area contributed by atoms with Crippen LogP contribution in [0, 0.1) is 17.0 Å². The zero-order chi connectivity index (χ0) is 34.2. The molecule has 0 bridgehead atoms. The number of aromatic nitrogens is 2. The number of anilines is 2. The molecule has 0 aliphatic carbocycles. The molecule has 0 fully saturated rings. The Morgan fingerprint density at radius 3 is 2.25 bits per heavy atom. The Labute approximate surface area is 279 Å². The molecular formula is C35H30N6O6S. The van der Waals surface area contributed by atoms with Crippen LogP contribution in [-0.2, 0) is 16.6 Å².